The maximum atomic E-state index is 13.8. The van der Waals surface area contributed by atoms with E-state index >= 15 is 0 Å². The molecule has 0 atom stereocenters. The average molecular weight is 406 g/mol. The molecule has 1 aromatic heterocycles. The predicted octanol–water partition coefficient (Wildman–Crippen LogP) is 3.39. The molecule has 1 spiro atoms. The summed E-state index contributed by atoms with van der Waals surface area (Å²) in [6.07, 6.45) is 0.617. The highest BCUT2D eigenvalue weighted by Crippen LogP contribution is 2.44. The highest BCUT2D eigenvalue weighted by Gasteiger charge is 2.53. The van der Waals surface area contributed by atoms with E-state index in [-0.39, 0.29) is 11.3 Å². The molecule has 0 bridgehead atoms. The van der Waals surface area contributed by atoms with Crippen LogP contribution in [0.1, 0.15) is 49.3 Å². The zero-order chi connectivity index (χ0) is 19.4. The molecule has 1 aromatic rings. The molecule has 0 amide bonds. The van der Waals surface area contributed by atoms with Crippen molar-refractivity contribution in [3.63, 3.8) is 0 Å². The second-order valence-electron chi connectivity index (χ2n) is 8.36. The van der Waals surface area contributed by atoms with E-state index in [1.165, 1.54) is 0 Å². The Morgan fingerprint density at radius 3 is 2.37 bits per heavy atom. The Kier molecular flexibility index (Phi) is 4.53. The largest absolute Gasteiger partial charge is 0.436 e. The standard InChI is InChI=1S/C18H22F4N2O2S/c19-15-7-13(8-23-16(15)18(20,21)22)12-1-3-14(4-2-12)24-6-5-17(9-24)10-27(25,26)11-17/h7-8,12,14H,1-6,9-11H2/t12-,14-. The molecule has 1 aliphatic carbocycles. The van der Waals surface area contributed by atoms with Crippen LogP contribution in [0.4, 0.5) is 17.6 Å². The quantitative estimate of drug-likeness (QED) is 0.707. The van der Waals surface area contributed by atoms with Crippen LogP contribution in [-0.4, -0.2) is 48.9 Å². The van der Waals surface area contributed by atoms with Gasteiger partial charge in [0, 0.05) is 24.2 Å². The number of alkyl halides is 3. The fraction of sp³-hybridized carbons (Fsp3) is 0.722. The monoisotopic (exact) mass is 406 g/mol. The van der Waals surface area contributed by atoms with Crippen LogP contribution in [0.3, 0.4) is 0 Å². The van der Waals surface area contributed by atoms with Gasteiger partial charge in [0.2, 0.25) is 0 Å². The van der Waals surface area contributed by atoms with Gasteiger partial charge in [-0.15, -0.1) is 0 Å². The molecule has 2 aliphatic heterocycles. The molecule has 3 fully saturated rings. The van der Waals surface area contributed by atoms with E-state index in [0.717, 1.165) is 57.5 Å². The second-order valence-corrected chi connectivity index (χ2v) is 10.4. The molecule has 4 nitrogen and oxygen atoms in total. The van der Waals surface area contributed by atoms with E-state index in [4.69, 9.17) is 0 Å². The van der Waals surface area contributed by atoms with Gasteiger partial charge in [-0.1, -0.05) is 0 Å². The Balaban J connectivity index is 1.35. The van der Waals surface area contributed by atoms with Crippen molar-refractivity contribution < 1.29 is 26.0 Å². The molecular formula is C18H22F4N2O2S. The molecule has 0 aromatic carbocycles. The third kappa shape index (κ3) is 3.72. The molecular weight excluding hydrogens is 384 g/mol. The lowest BCUT2D eigenvalue weighted by molar-refractivity contribution is -0.143. The number of nitrogens with zero attached hydrogens (tertiary/aromatic N) is 2. The highest BCUT2D eigenvalue weighted by molar-refractivity contribution is 7.92. The van der Waals surface area contributed by atoms with Gasteiger partial charge in [-0.3, -0.25) is 4.90 Å². The molecule has 9 heteroatoms. The molecule has 3 aliphatic rings. The lowest BCUT2D eigenvalue weighted by atomic mass is 9.81. The Hall–Kier alpha value is -1.22. The number of aromatic nitrogens is 1. The zero-order valence-electron chi connectivity index (χ0n) is 14.8. The van der Waals surface area contributed by atoms with Gasteiger partial charge in [0.1, 0.15) is 0 Å². The van der Waals surface area contributed by atoms with Crippen LogP contribution >= 0.6 is 0 Å². The molecule has 27 heavy (non-hydrogen) atoms. The maximum Gasteiger partial charge on any atom is 0.436 e. The van der Waals surface area contributed by atoms with Crippen LogP contribution in [0, 0.1) is 11.2 Å². The van der Waals surface area contributed by atoms with Crippen molar-refractivity contribution in [2.24, 2.45) is 5.41 Å². The molecule has 150 valence electrons. The minimum absolute atomic E-state index is 0.0196. The van der Waals surface area contributed by atoms with Crippen molar-refractivity contribution in [2.75, 3.05) is 24.6 Å². The predicted molar refractivity (Wildman–Crippen MR) is 91.5 cm³/mol. The van der Waals surface area contributed by atoms with Gasteiger partial charge >= 0.3 is 6.18 Å². The first-order valence-electron chi connectivity index (χ1n) is 9.24. The molecule has 0 radical (unpaired) electrons. The summed E-state index contributed by atoms with van der Waals surface area (Å²) in [7, 11) is -2.84. The van der Waals surface area contributed by atoms with Gasteiger partial charge in [-0.2, -0.15) is 13.2 Å². The number of sulfone groups is 1. The first kappa shape index (κ1) is 19.1. The normalized spacial score (nSPS) is 30.4. The van der Waals surface area contributed by atoms with Gasteiger partial charge in [0.15, 0.2) is 21.3 Å². The zero-order valence-corrected chi connectivity index (χ0v) is 15.6. The van der Waals surface area contributed by atoms with Gasteiger partial charge in [0.05, 0.1) is 11.5 Å². The molecule has 0 N–H and O–H groups in total. The Labute approximate surface area is 155 Å². The van der Waals surface area contributed by atoms with Crippen LogP contribution in [0.25, 0.3) is 0 Å². The van der Waals surface area contributed by atoms with E-state index in [1.54, 1.807) is 0 Å². The van der Waals surface area contributed by atoms with Gasteiger partial charge < -0.3 is 0 Å². The number of halogens is 4. The Bertz CT molecular complexity index is 820. The lowest BCUT2D eigenvalue weighted by Gasteiger charge is -2.40. The van der Waals surface area contributed by atoms with Crippen LogP contribution < -0.4 is 0 Å². The summed E-state index contributed by atoms with van der Waals surface area (Å²) in [4.78, 5) is 5.68. The second kappa shape index (κ2) is 6.40. The van der Waals surface area contributed by atoms with Crippen molar-refractivity contribution in [1.82, 2.24) is 9.88 Å². The summed E-state index contributed by atoms with van der Waals surface area (Å²) in [6.45, 7) is 1.72. The Morgan fingerprint density at radius 1 is 1.15 bits per heavy atom. The van der Waals surface area contributed by atoms with Crippen LogP contribution in [0.2, 0.25) is 0 Å². The highest BCUT2D eigenvalue weighted by atomic mass is 32.2. The number of pyridine rings is 1. The number of likely N-dealkylation sites (tertiary alicyclic amines) is 1. The minimum atomic E-state index is -4.78. The molecule has 1 saturated carbocycles. The van der Waals surface area contributed by atoms with E-state index in [9.17, 15) is 26.0 Å². The minimum Gasteiger partial charge on any atom is -0.300 e. The van der Waals surface area contributed by atoms with E-state index in [0.29, 0.717) is 23.1 Å². The van der Waals surface area contributed by atoms with Crippen LogP contribution in [0.15, 0.2) is 12.3 Å². The summed E-state index contributed by atoms with van der Waals surface area (Å²) >= 11 is 0. The number of hydrogen-bond donors (Lipinski definition) is 0. The SMILES string of the molecule is O=S1(=O)CC2(CCN([C@H]3CC[C@H](c4cnc(C(F)(F)F)c(F)c4)CC3)C2)C1. The van der Waals surface area contributed by atoms with Crippen molar-refractivity contribution in [3.05, 3.63) is 29.3 Å². The molecule has 0 unspecified atom stereocenters. The first-order chi connectivity index (χ1) is 12.6. The van der Waals surface area contributed by atoms with Crippen molar-refractivity contribution >= 4 is 9.84 Å². The van der Waals surface area contributed by atoms with E-state index in [1.807, 2.05) is 0 Å². The van der Waals surface area contributed by atoms with Crippen molar-refractivity contribution in [2.45, 2.75) is 50.2 Å². The summed E-state index contributed by atoms with van der Waals surface area (Å²) in [5.41, 5.74) is -0.990. The fourth-order valence-electron chi connectivity index (χ4n) is 5.07. The summed E-state index contributed by atoms with van der Waals surface area (Å²) in [5.74, 6) is -0.703. The smallest absolute Gasteiger partial charge is 0.300 e. The average Bonchev–Trinajstić information content (AvgIpc) is 2.97. The third-order valence-corrected chi connectivity index (χ3v) is 8.44. The molecule has 2 saturated heterocycles. The number of hydrogen-bond acceptors (Lipinski definition) is 4. The lowest BCUT2D eigenvalue weighted by Crippen LogP contribution is -2.51. The van der Waals surface area contributed by atoms with Gasteiger partial charge in [-0.05, 0) is 56.2 Å². The summed E-state index contributed by atoms with van der Waals surface area (Å²) in [6, 6.07) is 1.35. The fourth-order valence-corrected chi connectivity index (χ4v) is 7.32. The van der Waals surface area contributed by atoms with Crippen LogP contribution in [0.5, 0.6) is 0 Å². The van der Waals surface area contributed by atoms with Crippen molar-refractivity contribution in [1.29, 1.82) is 0 Å². The Morgan fingerprint density at radius 2 is 1.81 bits per heavy atom. The van der Waals surface area contributed by atoms with E-state index in [2.05, 4.69) is 9.88 Å². The van der Waals surface area contributed by atoms with E-state index < -0.39 is 27.5 Å². The van der Waals surface area contributed by atoms with Gasteiger partial charge in [-0.25, -0.2) is 17.8 Å². The topological polar surface area (TPSA) is 50.3 Å². The van der Waals surface area contributed by atoms with Gasteiger partial charge in [0.25, 0.3) is 0 Å². The molecule has 4 rings (SSSR count). The third-order valence-electron chi connectivity index (χ3n) is 6.34. The molecule has 3 heterocycles. The maximum absolute atomic E-state index is 13.8. The summed E-state index contributed by atoms with van der Waals surface area (Å²) < 4.78 is 74.8. The van der Waals surface area contributed by atoms with Crippen molar-refractivity contribution in [3.8, 4) is 0 Å². The first-order valence-corrected chi connectivity index (χ1v) is 11.1. The van der Waals surface area contributed by atoms with Crippen LogP contribution in [-0.2, 0) is 16.0 Å². The number of rotatable bonds is 2. The summed E-state index contributed by atoms with van der Waals surface area (Å²) in [5, 5.41) is 0.